The van der Waals surface area contributed by atoms with Gasteiger partial charge in [0.2, 0.25) is 0 Å². The molecule has 0 saturated carbocycles. The first kappa shape index (κ1) is 13.7. The number of hydrogen-bond donors (Lipinski definition) is 0. The van der Waals surface area contributed by atoms with Gasteiger partial charge in [0.25, 0.3) is 0 Å². The highest BCUT2D eigenvalue weighted by atomic mass is 35.5. The summed E-state index contributed by atoms with van der Waals surface area (Å²) in [6, 6.07) is 0. The summed E-state index contributed by atoms with van der Waals surface area (Å²) in [5.41, 5.74) is 3.27. The molecule has 0 amide bonds. The normalized spacial score (nSPS) is 15.2. The lowest BCUT2D eigenvalue weighted by Gasteiger charge is -2.28. The van der Waals surface area contributed by atoms with Crippen LogP contribution in [0.25, 0.3) is 0 Å². The molecule has 0 radical (unpaired) electrons. The zero-order valence-electron chi connectivity index (χ0n) is 11.1. The van der Waals surface area contributed by atoms with Crippen LogP contribution in [-0.4, -0.2) is 26.4 Å². The summed E-state index contributed by atoms with van der Waals surface area (Å²) in [6.07, 6.45) is 6.11. The maximum atomic E-state index is 6.17. The summed E-state index contributed by atoms with van der Waals surface area (Å²) in [5, 5.41) is 1.23. The molecule has 6 heteroatoms. The number of halogens is 2. The fourth-order valence-electron chi connectivity index (χ4n) is 2.42. The minimum absolute atomic E-state index is 0.614. The van der Waals surface area contributed by atoms with Crippen LogP contribution in [0.3, 0.4) is 0 Å². The first-order chi connectivity index (χ1) is 9.63. The Morgan fingerprint density at radius 3 is 2.70 bits per heavy atom. The first-order valence-electron chi connectivity index (χ1n) is 6.45. The lowest BCUT2D eigenvalue weighted by molar-refractivity contribution is 0.242. The Labute approximate surface area is 127 Å². The predicted molar refractivity (Wildman–Crippen MR) is 78.8 cm³/mol. The van der Waals surface area contributed by atoms with E-state index < -0.39 is 0 Å². The highest BCUT2D eigenvalue weighted by molar-refractivity contribution is 6.35. The van der Waals surface area contributed by atoms with Gasteiger partial charge in [-0.3, -0.25) is 9.88 Å². The second kappa shape index (κ2) is 5.64. The Balaban J connectivity index is 1.79. The topological polar surface area (TPSA) is 41.9 Å². The Morgan fingerprint density at radius 1 is 1.20 bits per heavy atom. The van der Waals surface area contributed by atoms with Gasteiger partial charge in [0.15, 0.2) is 0 Å². The maximum Gasteiger partial charge on any atom is 0.125 e. The van der Waals surface area contributed by atoms with Gasteiger partial charge in [0.05, 0.1) is 10.0 Å². The van der Waals surface area contributed by atoms with Gasteiger partial charge in [-0.15, -0.1) is 0 Å². The smallest absolute Gasteiger partial charge is 0.125 e. The van der Waals surface area contributed by atoms with Crippen LogP contribution in [0.2, 0.25) is 10.0 Å². The van der Waals surface area contributed by atoms with Crippen molar-refractivity contribution in [3.8, 4) is 0 Å². The van der Waals surface area contributed by atoms with Crippen LogP contribution in [-0.2, 0) is 19.5 Å². The van der Waals surface area contributed by atoms with Gasteiger partial charge in [-0.05, 0) is 6.92 Å². The van der Waals surface area contributed by atoms with E-state index in [0.717, 1.165) is 36.6 Å². The Hall–Kier alpha value is -1.23. The second-order valence-corrected chi connectivity index (χ2v) is 5.75. The molecule has 3 heterocycles. The van der Waals surface area contributed by atoms with Gasteiger partial charge in [-0.2, -0.15) is 0 Å². The van der Waals surface area contributed by atoms with E-state index in [1.165, 1.54) is 5.56 Å². The van der Waals surface area contributed by atoms with E-state index >= 15 is 0 Å². The number of nitrogens with zero attached hydrogens (tertiary/aromatic N) is 4. The monoisotopic (exact) mass is 308 g/mol. The van der Waals surface area contributed by atoms with Crippen molar-refractivity contribution in [3.05, 3.63) is 51.3 Å². The molecule has 3 rings (SSSR count). The van der Waals surface area contributed by atoms with Gasteiger partial charge >= 0.3 is 0 Å². The molecular formula is C14H14Cl2N4. The number of hydrogen-bond acceptors (Lipinski definition) is 4. The van der Waals surface area contributed by atoms with E-state index in [4.69, 9.17) is 23.2 Å². The molecule has 2 aromatic rings. The molecule has 0 aliphatic carbocycles. The van der Waals surface area contributed by atoms with Gasteiger partial charge in [0.1, 0.15) is 5.82 Å². The van der Waals surface area contributed by atoms with E-state index in [0.29, 0.717) is 16.6 Å². The predicted octanol–water partition coefficient (Wildman–Crippen LogP) is 3.05. The Bertz CT molecular complexity index is 625. The van der Waals surface area contributed by atoms with Crippen LogP contribution < -0.4 is 0 Å². The summed E-state index contributed by atoms with van der Waals surface area (Å²) in [6.45, 7) is 4.40. The summed E-state index contributed by atoms with van der Waals surface area (Å²) in [5.74, 6) is 0.831. The van der Waals surface area contributed by atoms with Crippen molar-refractivity contribution < 1.29 is 0 Å². The molecule has 0 N–H and O–H groups in total. The van der Waals surface area contributed by atoms with Crippen molar-refractivity contribution in [1.29, 1.82) is 0 Å². The second-order valence-electron chi connectivity index (χ2n) is 4.93. The summed E-state index contributed by atoms with van der Waals surface area (Å²) < 4.78 is 0. The van der Waals surface area contributed by atoms with Gasteiger partial charge in [0, 0.05) is 61.5 Å². The van der Waals surface area contributed by atoms with E-state index in [9.17, 15) is 0 Å². The number of aromatic nitrogens is 3. The zero-order chi connectivity index (χ0) is 14.1. The zero-order valence-corrected chi connectivity index (χ0v) is 12.6. The molecule has 0 atom stereocenters. The van der Waals surface area contributed by atoms with Crippen LogP contribution in [0.4, 0.5) is 0 Å². The van der Waals surface area contributed by atoms with Crippen molar-refractivity contribution in [2.24, 2.45) is 0 Å². The number of fused-ring (bicyclic) bond motifs is 1. The molecule has 20 heavy (non-hydrogen) atoms. The van der Waals surface area contributed by atoms with Crippen LogP contribution in [0.5, 0.6) is 0 Å². The quantitative estimate of drug-likeness (QED) is 0.855. The number of rotatable bonds is 2. The van der Waals surface area contributed by atoms with Gasteiger partial charge < -0.3 is 0 Å². The molecule has 0 bridgehead atoms. The van der Waals surface area contributed by atoms with E-state index in [1.54, 1.807) is 12.4 Å². The summed E-state index contributed by atoms with van der Waals surface area (Å²) >= 11 is 12.3. The molecule has 1 aliphatic rings. The highest BCUT2D eigenvalue weighted by Gasteiger charge is 2.19. The third-order valence-electron chi connectivity index (χ3n) is 3.47. The summed E-state index contributed by atoms with van der Waals surface area (Å²) in [7, 11) is 0. The summed E-state index contributed by atoms with van der Waals surface area (Å²) in [4.78, 5) is 15.0. The molecule has 104 valence electrons. The standard InChI is InChI=1S/C14H14Cl2N4/c1-9-18-4-10-7-20(3-2-14(10)19-9)8-11-12(15)5-17-6-13(11)16/h4-6H,2-3,7-8H2,1H3. The fourth-order valence-corrected chi connectivity index (χ4v) is 2.91. The largest absolute Gasteiger partial charge is 0.294 e. The molecule has 1 aliphatic heterocycles. The molecule has 4 nitrogen and oxygen atoms in total. The molecule has 0 unspecified atom stereocenters. The molecule has 0 saturated heterocycles. The van der Waals surface area contributed by atoms with Gasteiger partial charge in [-0.25, -0.2) is 9.97 Å². The van der Waals surface area contributed by atoms with Crippen molar-refractivity contribution in [2.45, 2.75) is 26.4 Å². The van der Waals surface area contributed by atoms with Crippen LogP contribution in [0, 0.1) is 6.92 Å². The Morgan fingerprint density at radius 2 is 1.95 bits per heavy atom. The van der Waals surface area contributed by atoms with E-state index in [2.05, 4.69) is 19.9 Å². The molecule has 2 aromatic heterocycles. The average Bonchev–Trinajstić information content (AvgIpc) is 2.43. The van der Waals surface area contributed by atoms with Crippen molar-refractivity contribution in [2.75, 3.05) is 6.54 Å². The molecule has 0 spiro atoms. The van der Waals surface area contributed by atoms with Gasteiger partial charge in [-0.1, -0.05) is 23.2 Å². The SMILES string of the molecule is Cc1ncc2c(n1)CCN(Cc1c(Cl)cncc1Cl)C2. The van der Waals surface area contributed by atoms with Crippen LogP contribution in [0.1, 0.15) is 22.6 Å². The van der Waals surface area contributed by atoms with E-state index in [1.807, 2.05) is 13.1 Å². The minimum atomic E-state index is 0.614. The minimum Gasteiger partial charge on any atom is -0.294 e. The van der Waals surface area contributed by atoms with Crippen LogP contribution in [0.15, 0.2) is 18.6 Å². The van der Waals surface area contributed by atoms with Crippen molar-refractivity contribution >= 4 is 23.2 Å². The van der Waals surface area contributed by atoms with Crippen LogP contribution >= 0.6 is 23.2 Å². The number of aryl methyl sites for hydroxylation is 1. The molecular weight excluding hydrogens is 295 g/mol. The van der Waals surface area contributed by atoms with Crippen molar-refractivity contribution in [1.82, 2.24) is 19.9 Å². The number of pyridine rings is 1. The van der Waals surface area contributed by atoms with Crippen molar-refractivity contribution in [3.63, 3.8) is 0 Å². The third-order valence-corrected chi connectivity index (χ3v) is 4.12. The lowest BCUT2D eigenvalue weighted by Crippen LogP contribution is -2.31. The highest BCUT2D eigenvalue weighted by Crippen LogP contribution is 2.26. The molecule has 0 fully saturated rings. The fraction of sp³-hybridized carbons (Fsp3) is 0.357. The maximum absolute atomic E-state index is 6.17. The first-order valence-corrected chi connectivity index (χ1v) is 7.20. The Kier molecular flexibility index (Phi) is 3.87. The molecule has 0 aromatic carbocycles. The lowest BCUT2D eigenvalue weighted by atomic mass is 10.1. The van der Waals surface area contributed by atoms with E-state index in [-0.39, 0.29) is 0 Å². The average molecular weight is 309 g/mol. The third kappa shape index (κ3) is 2.77.